The molecule has 1 aliphatic rings. The lowest BCUT2D eigenvalue weighted by Gasteiger charge is -2.29. The molecule has 3 heterocycles. The fraction of sp³-hybridized carbons (Fsp3) is 0.467. The summed E-state index contributed by atoms with van der Waals surface area (Å²) in [4.78, 5) is 6.80. The van der Waals surface area contributed by atoms with Crippen LogP contribution in [0.2, 0.25) is 0 Å². The van der Waals surface area contributed by atoms with E-state index in [1.165, 1.54) is 5.56 Å². The Labute approximate surface area is 124 Å². The summed E-state index contributed by atoms with van der Waals surface area (Å²) in [5.74, 6) is 1.00. The molecule has 0 radical (unpaired) electrons. The minimum atomic E-state index is 0.753. The molecule has 3 rings (SSSR count). The summed E-state index contributed by atoms with van der Waals surface area (Å²) < 4.78 is 7.25. The van der Waals surface area contributed by atoms with E-state index in [9.17, 15) is 0 Å². The van der Waals surface area contributed by atoms with E-state index in [0.717, 1.165) is 50.0 Å². The van der Waals surface area contributed by atoms with Gasteiger partial charge in [-0.2, -0.15) is 5.10 Å². The van der Waals surface area contributed by atoms with Crippen LogP contribution in [-0.2, 0) is 18.3 Å². The van der Waals surface area contributed by atoms with Gasteiger partial charge in [0.2, 0.25) is 0 Å². The Bertz CT molecular complexity index is 604. The van der Waals surface area contributed by atoms with Gasteiger partial charge in [0, 0.05) is 44.6 Å². The molecule has 21 heavy (non-hydrogen) atoms. The second-order valence-corrected chi connectivity index (χ2v) is 5.24. The van der Waals surface area contributed by atoms with Crippen molar-refractivity contribution in [3.05, 3.63) is 35.8 Å². The van der Waals surface area contributed by atoms with Crippen LogP contribution in [0.4, 0.5) is 11.5 Å². The van der Waals surface area contributed by atoms with Crippen molar-refractivity contribution in [2.75, 3.05) is 36.5 Å². The van der Waals surface area contributed by atoms with E-state index in [4.69, 9.17) is 4.74 Å². The van der Waals surface area contributed by atoms with Gasteiger partial charge in [0.1, 0.15) is 0 Å². The Balaban J connectivity index is 1.74. The van der Waals surface area contributed by atoms with Crippen molar-refractivity contribution in [2.45, 2.75) is 13.5 Å². The van der Waals surface area contributed by atoms with E-state index < -0.39 is 0 Å². The molecule has 0 aromatic carbocycles. The summed E-state index contributed by atoms with van der Waals surface area (Å²) >= 11 is 0. The molecule has 0 spiro atoms. The number of hydrogen-bond acceptors (Lipinski definition) is 5. The van der Waals surface area contributed by atoms with Crippen molar-refractivity contribution in [3.63, 3.8) is 0 Å². The first-order valence-corrected chi connectivity index (χ1v) is 7.25. The topological polar surface area (TPSA) is 55.2 Å². The van der Waals surface area contributed by atoms with Gasteiger partial charge < -0.3 is 15.0 Å². The Morgan fingerprint density at radius 1 is 1.33 bits per heavy atom. The normalized spacial score (nSPS) is 15.2. The van der Waals surface area contributed by atoms with Crippen LogP contribution in [0.25, 0.3) is 0 Å². The van der Waals surface area contributed by atoms with Crippen molar-refractivity contribution in [1.82, 2.24) is 14.8 Å². The van der Waals surface area contributed by atoms with E-state index in [0.29, 0.717) is 0 Å². The standard InChI is InChI=1S/C15H21N5O/c1-12-13(11-19(2)18-12)10-17-14-4-3-5-16-15(14)20-6-8-21-9-7-20/h3-5,11,17H,6-10H2,1-2H3. The SMILES string of the molecule is Cc1nn(C)cc1CNc1cccnc1N1CCOCC1. The summed E-state index contributed by atoms with van der Waals surface area (Å²) in [7, 11) is 1.94. The Morgan fingerprint density at radius 3 is 2.86 bits per heavy atom. The number of anilines is 2. The van der Waals surface area contributed by atoms with Gasteiger partial charge in [-0.1, -0.05) is 0 Å². The highest BCUT2D eigenvalue weighted by atomic mass is 16.5. The molecule has 2 aromatic heterocycles. The Morgan fingerprint density at radius 2 is 2.14 bits per heavy atom. The summed E-state index contributed by atoms with van der Waals surface area (Å²) in [6.07, 6.45) is 3.89. The second-order valence-electron chi connectivity index (χ2n) is 5.24. The van der Waals surface area contributed by atoms with Gasteiger partial charge in [-0.3, -0.25) is 4.68 Å². The van der Waals surface area contributed by atoms with Gasteiger partial charge in [0.05, 0.1) is 24.6 Å². The molecule has 1 aliphatic heterocycles. The van der Waals surface area contributed by atoms with Crippen molar-refractivity contribution >= 4 is 11.5 Å². The highest BCUT2D eigenvalue weighted by Gasteiger charge is 2.16. The number of pyridine rings is 1. The second kappa shape index (κ2) is 6.13. The van der Waals surface area contributed by atoms with E-state index >= 15 is 0 Å². The zero-order valence-corrected chi connectivity index (χ0v) is 12.5. The third-order valence-electron chi connectivity index (χ3n) is 3.68. The van der Waals surface area contributed by atoms with Gasteiger partial charge in [-0.05, 0) is 19.1 Å². The molecule has 0 bridgehead atoms. The molecule has 1 saturated heterocycles. The van der Waals surface area contributed by atoms with Gasteiger partial charge in [-0.15, -0.1) is 0 Å². The van der Waals surface area contributed by atoms with Crippen LogP contribution in [0.3, 0.4) is 0 Å². The van der Waals surface area contributed by atoms with Crippen molar-refractivity contribution in [3.8, 4) is 0 Å². The predicted molar refractivity (Wildman–Crippen MR) is 82.5 cm³/mol. The summed E-state index contributed by atoms with van der Waals surface area (Å²) in [6.45, 7) is 6.08. The van der Waals surface area contributed by atoms with Crippen molar-refractivity contribution in [2.24, 2.45) is 7.05 Å². The highest BCUT2D eigenvalue weighted by Crippen LogP contribution is 2.24. The van der Waals surface area contributed by atoms with E-state index in [-0.39, 0.29) is 0 Å². The van der Waals surface area contributed by atoms with Crippen molar-refractivity contribution < 1.29 is 4.74 Å². The average Bonchev–Trinajstić information content (AvgIpc) is 2.84. The van der Waals surface area contributed by atoms with Gasteiger partial charge >= 0.3 is 0 Å². The Kier molecular flexibility index (Phi) is 4.06. The number of rotatable bonds is 4. The maximum absolute atomic E-state index is 5.41. The minimum absolute atomic E-state index is 0.753. The van der Waals surface area contributed by atoms with Gasteiger partial charge in [0.15, 0.2) is 5.82 Å². The van der Waals surface area contributed by atoms with Crippen LogP contribution in [0.15, 0.2) is 24.5 Å². The summed E-state index contributed by atoms with van der Waals surface area (Å²) in [6, 6.07) is 4.03. The molecule has 2 aromatic rings. The van der Waals surface area contributed by atoms with Gasteiger partial charge in [0.25, 0.3) is 0 Å². The zero-order chi connectivity index (χ0) is 14.7. The van der Waals surface area contributed by atoms with Crippen LogP contribution < -0.4 is 10.2 Å². The fourth-order valence-corrected chi connectivity index (χ4v) is 2.57. The number of ether oxygens (including phenoxy) is 1. The molecular weight excluding hydrogens is 266 g/mol. The number of aromatic nitrogens is 3. The van der Waals surface area contributed by atoms with Crippen LogP contribution in [-0.4, -0.2) is 41.1 Å². The molecule has 6 heteroatoms. The zero-order valence-electron chi connectivity index (χ0n) is 12.5. The van der Waals surface area contributed by atoms with E-state index in [2.05, 4.69) is 26.4 Å². The Hall–Kier alpha value is -2.08. The molecule has 6 nitrogen and oxygen atoms in total. The average molecular weight is 287 g/mol. The van der Waals surface area contributed by atoms with E-state index in [1.807, 2.05) is 37.1 Å². The first kappa shape index (κ1) is 13.9. The van der Waals surface area contributed by atoms with Crippen molar-refractivity contribution in [1.29, 1.82) is 0 Å². The minimum Gasteiger partial charge on any atom is -0.378 e. The molecule has 0 saturated carbocycles. The third-order valence-corrected chi connectivity index (χ3v) is 3.68. The number of morpholine rings is 1. The quantitative estimate of drug-likeness (QED) is 0.925. The maximum Gasteiger partial charge on any atom is 0.152 e. The first-order valence-electron chi connectivity index (χ1n) is 7.25. The molecule has 0 amide bonds. The number of aryl methyl sites for hydroxylation is 2. The van der Waals surface area contributed by atoms with Gasteiger partial charge in [-0.25, -0.2) is 4.98 Å². The monoisotopic (exact) mass is 287 g/mol. The lowest BCUT2D eigenvalue weighted by Crippen LogP contribution is -2.37. The molecule has 1 N–H and O–H groups in total. The first-order chi connectivity index (χ1) is 10.2. The van der Waals surface area contributed by atoms with Crippen LogP contribution in [0.5, 0.6) is 0 Å². The molecule has 0 unspecified atom stereocenters. The number of nitrogens with zero attached hydrogens (tertiary/aromatic N) is 4. The van der Waals surface area contributed by atoms with Crippen LogP contribution in [0.1, 0.15) is 11.3 Å². The van der Waals surface area contributed by atoms with Crippen LogP contribution in [0, 0.1) is 6.92 Å². The maximum atomic E-state index is 5.41. The largest absolute Gasteiger partial charge is 0.378 e. The molecule has 1 fully saturated rings. The van der Waals surface area contributed by atoms with E-state index in [1.54, 1.807) is 0 Å². The summed E-state index contributed by atoms with van der Waals surface area (Å²) in [5, 5.41) is 7.85. The fourth-order valence-electron chi connectivity index (χ4n) is 2.57. The lowest BCUT2D eigenvalue weighted by atomic mass is 10.2. The molecule has 112 valence electrons. The number of nitrogens with one attached hydrogen (secondary N) is 1. The lowest BCUT2D eigenvalue weighted by molar-refractivity contribution is 0.122. The summed E-state index contributed by atoms with van der Waals surface area (Å²) in [5.41, 5.74) is 3.32. The predicted octanol–water partition coefficient (Wildman–Crippen LogP) is 1.57. The molecule has 0 atom stereocenters. The number of hydrogen-bond donors (Lipinski definition) is 1. The smallest absolute Gasteiger partial charge is 0.152 e. The third kappa shape index (κ3) is 3.16. The van der Waals surface area contributed by atoms with Crippen LogP contribution >= 0.6 is 0 Å². The molecular formula is C15H21N5O. The highest BCUT2D eigenvalue weighted by molar-refractivity contribution is 5.65. The molecule has 0 aliphatic carbocycles.